The van der Waals surface area contributed by atoms with E-state index in [1.807, 2.05) is 18.2 Å². The summed E-state index contributed by atoms with van der Waals surface area (Å²) in [6.07, 6.45) is 3.24. The average Bonchev–Trinajstić information content (AvgIpc) is 2.56. The van der Waals surface area contributed by atoms with Gasteiger partial charge in [0.15, 0.2) is 5.03 Å². The number of hydrogen-bond donors (Lipinski definition) is 0. The monoisotopic (exact) mass is 310 g/mol. The third kappa shape index (κ3) is 2.63. The lowest BCUT2D eigenvalue weighted by Gasteiger charge is -2.08. The summed E-state index contributed by atoms with van der Waals surface area (Å²) in [6.45, 7) is 1.75. The number of aryl methyl sites for hydroxylation is 1. The van der Waals surface area contributed by atoms with Gasteiger partial charge in [0.2, 0.25) is 9.84 Å². The minimum Gasteiger partial charge on any atom is -0.256 e. The number of nitrogens with zero attached hydrogens (tertiary/aromatic N) is 2. The highest BCUT2D eigenvalue weighted by molar-refractivity contribution is 7.91. The molecule has 0 saturated carbocycles. The van der Waals surface area contributed by atoms with Crippen LogP contribution in [0.4, 0.5) is 0 Å². The highest BCUT2D eigenvalue weighted by Crippen LogP contribution is 2.25. The molecular weight excluding hydrogens is 296 g/mol. The lowest BCUT2D eigenvalue weighted by Crippen LogP contribution is -2.06. The fourth-order valence-electron chi connectivity index (χ4n) is 2.23. The zero-order valence-corrected chi connectivity index (χ0v) is 12.8. The molecule has 3 rings (SSSR count). The van der Waals surface area contributed by atoms with Gasteiger partial charge >= 0.3 is 0 Å². The molecule has 0 atom stereocenters. The molecule has 0 saturated heterocycles. The van der Waals surface area contributed by atoms with Gasteiger partial charge in [0.05, 0.1) is 10.6 Å². The molecule has 22 heavy (non-hydrogen) atoms. The number of benzene rings is 1. The SMILES string of the molecule is Cc1cc(-c2ccccn2)cnc1S(=O)(=O)c1ccccc1. The van der Waals surface area contributed by atoms with Crippen LogP contribution >= 0.6 is 0 Å². The van der Waals surface area contributed by atoms with Gasteiger partial charge in [0.1, 0.15) is 0 Å². The van der Waals surface area contributed by atoms with Crippen LogP contribution < -0.4 is 0 Å². The fourth-order valence-corrected chi connectivity index (χ4v) is 3.64. The van der Waals surface area contributed by atoms with Crippen LogP contribution in [-0.4, -0.2) is 18.4 Å². The first kappa shape index (κ1) is 14.4. The molecule has 0 amide bonds. The predicted octanol–water partition coefficient (Wildman–Crippen LogP) is 3.28. The molecule has 2 heterocycles. The van der Waals surface area contributed by atoms with Crippen molar-refractivity contribution in [1.29, 1.82) is 0 Å². The molecule has 0 radical (unpaired) electrons. The van der Waals surface area contributed by atoms with Crippen molar-refractivity contribution >= 4 is 9.84 Å². The maximum Gasteiger partial charge on any atom is 0.224 e. The molecule has 0 aliphatic heterocycles. The highest BCUT2D eigenvalue weighted by atomic mass is 32.2. The quantitative estimate of drug-likeness (QED) is 0.745. The molecule has 0 aliphatic carbocycles. The Labute approximate surface area is 129 Å². The van der Waals surface area contributed by atoms with Gasteiger partial charge in [-0.1, -0.05) is 24.3 Å². The third-order valence-electron chi connectivity index (χ3n) is 3.30. The van der Waals surface area contributed by atoms with Crippen LogP contribution in [0.5, 0.6) is 0 Å². The molecule has 4 nitrogen and oxygen atoms in total. The molecule has 110 valence electrons. The summed E-state index contributed by atoms with van der Waals surface area (Å²) in [4.78, 5) is 8.67. The van der Waals surface area contributed by atoms with E-state index < -0.39 is 9.84 Å². The maximum absolute atomic E-state index is 12.6. The standard InChI is InChI=1S/C17H14N2O2S/c1-13-11-14(16-9-5-6-10-18-16)12-19-17(13)22(20,21)15-7-3-2-4-8-15/h2-12H,1H3. The maximum atomic E-state index is 12.6. The number of pyridine rings is 2. The molecule has 5 heteroatoms. The van der Waals surface area contributed by atoms with Gasteiger partial charge in [0, 0.05) is 18.0 Å². The Balaban J connectivity index is 2.07. The predicted molar refractivity (Wildman–Crippen MR) is 84.1 cm³/mol. The van der Waals surface area contributed by atoms with E-state index in [2.05, 4.69) is 9.97 Å². The zero-order valence-electron chi connectivity index (χ0n) is 12.0. The topological polar surface area (TPSA) is 59.9 Å². The van der Waals surface area contributed by atoms with Gasteiger partial charge in [-0.3, -0.25) is 4.98 Å². The molecule has 0 unspecified atom stereocenters. The lowest BCUT2D eigenvalue weighted by atomic mass is 10.1. The number of sulfone groups is 1. The molecule has 0 fully saturated rings. The minimum absolute atomic E-state index is 0.0818. The van der Waals surface area contributed by atoms with Crippen molar-refractivity contribution < 1.29 is 8.42 Å². The van der Waals surface area contributed by atoms with E-state index in [1.165, 1.54) is 0 Å². The summed E-state index contributed by atoms with van der Waals surface area (Å²) in [5.74, 6) is 0. The zero-order chi connectivity index (χ0) is 15.6. The molecule has 1 aromatic carbocycles. The third-order valence-corrected chi connectivity index (χ3v) is 5.13. The van der Waals surface area contributed by atoms with E-state index in [0.717, 1.165) is 11.3 Å². The van der Waals surface area contributed by atoms with Crippen molar-refractivity contribution in [3.63, 3.8) is 0 Å². The first-order chi connectivity index (χ1) is 10.6. The minimum atomic E-state index is -3.60. The summed E-state index contributed by atoms with van der Waals surface area (Å²) in [7, 11) is -3.60. The second kappa shape index (κ2) is 5.69. The van der Waals surface area contributed by atoms with Crippen LogP contribution in [0.2, 0.25) is 0 Å². The Hall–Kier alpha value is -2.53. The largest absolute Gasteiger partial charge is 0.256 e. The van der Waals surface area contributed by atoms with E-state index in [4.69, 9.17) is 0 Å². The van der Waals surface area contributed by atoms with E-state index in [0.29, 0.717) is 5.56 Å². The van der Waals surface area contributed by atoms with E-state index in [9.17, 15) is 8.42 Å². The molecule has 2 aromatic heterocycles. The Morgan fingerprint density at radius 1 is 0.909 bits per heavy atom. The Bertz CT molecular complexity index is 892. The molecule has 0 N–H and O–H groups in total. The van der Waals surface area contributed by atoms with E-state index in [1.54, 1.807) is 55.7 Å². The first-order valence-corrected chi connectivity index (χ1v) is 8.25. The van der Waals surface area contributed by atoms with Crippen molar-refractivity contribution in [1.82, 2.24) is 9.97 Å². The van der Waals surface area contributed by atoms with Gasteiger partial charge in [-0.2, -0.15) is 0 Å². The summed E-state index contributed by atoms with van der Waals surface area (Å²) < 4.78 is 25.2. The van der Waals surface area contributed by atoms with Gasteiger partial charge < -0.3 is 0 Å². The Morgan fingerprint density at radius 3 is 2.27 bits per heavy atom. The molecule has 3 aromatic rings. The van der Waals surface area contributed by atoms with Crippen molar-refractivity contribution in [3.05, 3.63) is 72.6 Å². The van der Waals surface area contributed by atoms with Gasteiger partial charge in [-0.15, -0.1) is 0 Å². The van der Waals surface area contributed by atoms with Crippen LogP contribution in [0.3, 0.4) is 0 Å². The molecule has 0 aliphatic rings. The summed E-state index contributed by atoms with van der Waals surface area (Å²) >= 11 is 0. The Kier molecular flexibility index (Phi) is 3.73. The number of aromatic nitrogens is 2. The second-order valence-electron chi connectivity index (χ2n) is 4.88. The van der Waals surface area contributed by atoms with Gasteiger partial charge in [-0.05, 0) is 42.8 Å². The van der Waals surface area contributed by atoms with Crippen LogP contribution in [0.15, 0.2) is 76.9 Å². The highest BCUT2D eigenvalue weighted by Gasteiger charge is 2.21. The molecular formula is C17H14N2O2S. The molecule has 0 spiro atoms. The second-order valence-corrected chi connectivity index (χ2v) is 6.74. The van der Waals surface area contributed by atoms with Crippen molar-refractivity contribution in [2.45, 2.75) is 16.8 Å². The summed E-state index contributed by atoms with van der Waals surface area (Å²) in [6, 6.07) is 15.7. The molecule has 0 bridgehead atoms. The van der Waals surface area contributed by atoms with Crippen LogP contribution in [-0.2, 0) is 9.84 Å². The van der Waals surface area contributed by atoms with Crippen molar-refractivity contribution in [2.75, 3.05) is 0 Å². The van der Waals surface area contributed by atoms with Crippen LogP contribution in [0.1, 0.15) is 5.56 Å². The van der Waals surface area contributed by atoms with Crippen molar-refractivity contribution in [3.8, 4) is 11.3 Å². The van der Waals surface area contributed by atoms with E-state index >= 15 is 0 Å². The average molecular weight is 310 g/mol. The Morgan fingerprint density at radius 2 is 1.64 bits per heavy atom. The first-order valence-electron chi connectivity index (χ1n) is 6.77. The normalized spacial score (nSPS) is 11.3. The fraction of sp³-hybridized carbons (Fsp3) is 0.0588. The lowest BCUT2D eigenvalue weighted by molar-refractivity contribution is 0.591. The van der Waals surface area contributed by atoms with E-state index in [-0.39, 0.29) is 9.92 Å². The van der Waals surface area contributed by atoms with Crippen molar-refractivity contribution in [2.24, 2.45) is 0 Å². The number of rotatable bonds is 3. The summed E-state index contributed by atoms with van der Waals surface area (Å²) in [5, 5.41) is 0.0818. The van der Waals surface area contributed by atoms with Crippen LogP contribution in [0.25, 0.3) is 11.3 Å². The van der Waals surface area contributed by atoms with Gasteiger partial charge in [0.25, 0.3) is 0 Å². The van der Waals surface area contributed by atoms with Gasteiger partial charge in [-0.25, -0.2) is 13.4 Å². The number of hydrogen-bond acceptors (Lipinski definition) is 4. The van der Waals surface area contributed by atoms with Crippen LogP contribution in [0, 0.1) is 6.92 Å². The summed E-state index contributed by atoms with van der Waals surface area (Å²) in [5.41, 5.74) is 2.17. The smallest absolute Gasteiger partial charge is 0.224 e.